The first-order valence-corrected chi connectivity index (χ1v) is 6.62. The molecule has 0 fully saturated rings. The molecule has 2 aromatic carbocycles. The molecule has 0 saturated heterocycles. The highest BCUT2D eigenvalue weighted by Crippen LogP contribution is 2.23. The van der Waals surface area contributed by atoms with Crippen LogP contribution in [0.1, 0.15) is 5.56 Å². The van der Waals surface area contributed by atoms with E-state index in [0.717, 1.165) is 16.5 Å². The summed E-state index contributed by atoms with van der Waals surface area (Å²) >= 11 is 5.74. The molecule has 0 saturated carbocycles. The molecule has 0 bridgehead atoms. The van der Waals surface area contributed by atoms with Crippen molar-refractivity contribution in [2.24, 2.45) is 0 Å². The number of anilines is 1. The van der Waals surface area contributed by atoms with Crippen LogP contribution in [0, 0.1) is 5.82 Å². The quantitative estimate of drug-likeness (QED) is 0.759. The maximum absolute atomic E-state index is 13.7. The van der Waals surface area contributed by atoms with Gasteiger partial charge in [0.25, 0.3) is 0 Å². The Morgan fingerprint density at radius 2 is 2.05 bits per heavy atom. The Labute approximate surface area is 121 Å². The molecule has 4 heteroatoms. The molecular formula is C16H12ClFN2. The van der Waals surface area contributed by atoms with Gasteiger partial charge in [0.2, 0.25) is 0 Å². The van der Waals surface area contributed by atoms with Crippen LogP contribution in [0.25, 0.3) is 10.8 Å². The van der Waals surface area contributed by atoms with Gasteiger partial charge in [-0.2, -0.15) is 0 Å². The molecule has 1 N–H and O–H groups in total. The van der Waals surface area contributed by atoms with Crippen molar-refractivity contribution in [2.75, 3.05) is 5.32 Å². The van der Waals surface area contributed by atoms with Crippen molar-refractivity contribution in [2.45, 2.75) is 6.54 Å². The van der Waals surface area contributed by atoms with Crippen LogP contribution in [0.5, 0.6) is 0 Å². The number of benzene rings is 2. The summed E-state index contributed by atoms with van der Waals surface area (Å²) in [6.07, 6.45) is 3.56. The number of rotatable bonds is 3. The maximum Gasteiger partial charge on any atom is 0.129 e. The zero-order chi connectivity index (χ0) is 13.9. The molecule has 1 heterocycles. The molecule has 0 spiro atoms. The second-order valence-electron chi connectivity index (χ2n) is 4.49. The van der Waals surface area contributed by atoms with E-state index in [4.69, 9.17) is 11.6 Å². The van der Waals surface area contributed by atoms with E-state index in [0.29, 0.717) is 17.1 Å². The number of halogens is 2. The minimum Gasteiger partial charge on any atom is -0.380 e. The van der Waals surface area contributed by atoms with Gasteiger partial charge in [-0.3, -0.25) is 4.98 Å². The topological polar surface area (TPSA) is 24.9 Å². The Hall–Kier alpha value is -2.13. The van der Waals surface area contributed by atoms with Gasteiger partial charge in [-0.25, -0.2) is 4.39 Å². The van der Waals surface area contributed by atoms with Crippen molar-refractivity contribution in [3.63, 3.8) is 0 Å². The van der Waals surface area contributed by atoms with Crippen molar-refractivity contribution in [1.82, 2.24) is 4.98 Å². The van der Waals surface area contributed by atoms with Crippen molar-refractivity contribution in [1.29, 1.82) is 0 Å². The van der Waals surface area contributed by atoms with E-state index in [1.54, 1.807) is 18.3 Å². The first-order valence-electron chi connectivity index (χ1n) is 6.24. The van der Waals surface area contributed by atoms with E-state index in [1.807, 2.05) is 30.5 Å². The summed E-state index contributed by atoms with van der Waals surface area (Å²) in [5.41, 5.74) is 1.54. The lowest BCUT2D eigenvalue weighted by atomic mass is 10.1. The minimum atomic E-state index is -0.299. The molecular weight excluding hydrogens is 275 g/mol. The summed E-state index contributed by atoms with van der Waals surface area (Å²) in [5, 5.41) is 5.78. The zero-order valence-corrected chi connectivity index (χ0v) is 11.4. The van der Waals surface area contributed by atoms with Crippen LogP contribution < -0.4 is 5.32 Å². The Bertz CT molecular complexity index is 753. The lowest BCUT2D eigenvalue weighted by Gasteiger charge is -2.10. The van der Waals surface area contributed by atoms with Crippen molar-refractivity contribution >= 4 is 28.1 Å². The second kappa shape index (κ2) is 5.47. The van der Waals surface area contributed by atoms with Crippen molar-refractivity contribution in [3.05, 3.63) is 71.3 Å². The molecule has 0 radical (unpaired) electrons. The number of aromatic nitrogens is 1. The van der Waals surface area contributed by atoms with Crippen LogP contribution >= 0.6 is 11.6 Å². The average Bonchev–Trinajstić information content (AvgIpc) is 2.46. The van der Waals surface area contributed by atoms with Gasteiger partial charge in [-0.15, -0.1) is 0 Å². The molecule has 2 nitrogen and oxygen atoms in total. The first kappa shape index (κ1) is 12.9. The zero-order valence-electron chi connectivity index (χ0n) is 10.6. The molecule has 3 rings (SSSR count). The predicted octanol–water partition coefficient (Wildman–Crippen LogP) is 4.64. The van der Waals surface area contributed by atoms with Crippen molar-refractivity contribution in [3.8, 4) is 0 Å². The number of nitrogens with zero attached hydrogens (tertiary/aromatic N) is 1. The van der Waals surface area contributed by atoms with E-state index < -0.39 is 0 Å². The van der Waals surface area contributed by atoms with Crippen LogP contribution in [-0.2, 0) is 6.54 Å². The van der Waals surface area contributed by atoms with Gasteiger partial charge in [-0.05, 0) is 24.3 Å². The third-order valence-corrected chi connectivity index (χ3v) is 3.40. The fraction of sp³-hybridized carbons (Fsp3) is 0.0625. The fourth-order valence-corrected chi connectivity index (χ4v) is 2.29. The van der Waals surface area contributed by atoms with Crippen LogP contribution in [0.15, 0.2) is 54.9 Å². The molecule has 0 atom stereocenters. The summed E-state index contributed by atoms with van der Waals surface area (Å²) in [7, 11) is 0. The summed E-state index contributed by atoms with van der Waals surface area (Å²) in [4.78, 5) is 4.09. The maximum atomic E-state index is 13.7. The lowest BCUT2D eigenvalue weighted by molar-refractivity contribution is 0.613. The molecule has 100 valence electrons. The minimum absolute atomic E-state index is 0.299. The standard InChI is InChI=1S/C16H12ClFN2/c17-13-5-4-12(15(18)8-13)10-20-16-3-1-2-11-9-19-7-6-14(11)16/h1-9,20H,10H2. The third kappa shape index (κ3) is 2.58. The van der Waals surface area contributed by atoms with Gasteiger partial charge >= 0.3 is 0 Å². The number of pyridine rings is 1. The lowest BCUT2D eigenvalue weighted by Crippen LogP contribution is -2.02. The Morgan fingerprint density at radius 3 is 2.90 bits per heavy atom. The molecule has 1 aromatic heterocycles. The van der Waals surface area contributed by atoms with Crippen LogP contribution in [0.2, 0.25) is 5.02 Å². The Balaban J connectivity index is 1.87. The van der Waals surface area contributed by atoms with E-state index in [9.17, 15) is 4.39 Å². The molecule has 0 aliphatic heterocycles. The van der Waals surface area contributed by atoms with E-state index in [1.165, 1.54) is 6.07 Å². The van der Waals surface area contributed by atoms with Gasteiger partial charge in [0.15, 0.2) is 0 Å². The smallest absolute Gasteiger partial charge is 0.129 e. The number of hydrogen-bond acceptors (Lipinski definition) is 2. The molecule has 0 amide bonds. The number of hydrogen-bond donors (Lipinski definition) is 1. The van der Waals surface area contributed by atoms with Gasteiger partial charge in [0.05, 0.1) is 0 Å². The van der Waals surface area contributed by atoms with Crippen LogP contribution in [0.4, 0.5) is 10.1 Å². The molecule has 3 aromatic rings. The average molecular weight is 287 g/mol. The monoisotopic (exact) mass is 286 g/mol. The summed E-state index contributed by atoms with van der Waals surface area (Å²) in [6, 6.07) is 12.6. The summed E-state index contributed by atoms with van der Waals surface area (Å²) in [5.74, 6) is -0.299. The van der Waals surface area contributed by atoms with E-state index in [2.05, 4.69) is 10.3 Å². The Morgan fingerprint density at radius 1 is 1.15 bits per heavy atom. The van der Waals surface area contributed by atoms with E-state index >= 15 is 0 Å². The molecule has 20 heavy (non-hydrogen) atoms. The van der Waals surface area contributed by atoms with Crippen LogP contribution in [0.3, 0.4) is 0 Å². The SMILES string of the molecule is Fc1cc(Cl)ccc1CNc1cccc2cnccc12. The number of nitrogens with one attached hydrogen (secondary N) is 1. The predicted molar refractivity (Wildman–Crippen MR) is 80.5 cm³/mol. The van der Waals surface area contributed by atoms with E-state index in [-0.39, 0.29) is 5.82 Å². The highest BCUT2D eigenvalue weighted by Gasteiger charge is 2.04. The first-order chi connectivity index (χ1) is 9.74. The van der Waals surface area contributed by atoms with Gasteiger partial charge in [-0.1, -0.05) is 29.8 Å². The third-order valence-electron chi connectivity index (χ3n) is 3.17. The highest BCUT2D eigenvalue weighted by molar-refractivity contribution is 6.30. The van der Waals surface area contributed by atoms with Gasteiger partial charge < -0.3 is 5.32 Å². The fourth-order valence-electron chi connectivity index (χ4n) is 2.13. The van der Waals surface area contributed by atoms with Crippen molar-refractivity contribution < 1.29 is 4.39 Å². The molecule has 0 aliphatic carbocycles. The Kier molecular flexibility index (Phi) is 3.52. The second-order valence-corrected chi connectivity index (χ2v) is 4.93. The highest BCUT2D eigenvalue weighted by atomic mass is 35.5. The number of fused-ring (bicyclic) bond motifs is 1. The summed E-state index contributed by atoms with van der Waals surface area (Å²) in [6.45, 7) is 0.407. The molecule has 0 aliphatic rings. The largest absolute Gasteiger partial charge is 0.380 e. The van der Waals surface area contributed by atoms with Gasteiger partial charge in [0, 0.05) is 46.0 Å². The van der Waals surface area contributed by atoms with Crippen LogP contribution in [-0.4, -0.2) is 4.98 Å². The normalized spacial score (nSPS) is 10.7. The summed E-state index contributed by atoms with van der Waals surface area (Å²) < 4.78 is 13.7. The van der Waals surface area contributed by atoms with Gasteiger partial charge in [0.1, 0.15) is 5.82 Å². The molecule has 0 unspecified atom stereocenters.